The molecule has 0 unspecified atom stereocenters. The van der Waals surface area contributed by atoms with E-state index in [0.29, 0.717) is 6.54 Å². The molecule has 2 nitrogen and oxygen atoms in total. The molecule has 3 N–H and O–H groups in total. The molecular formula is C8H10FN2+. The van der Waals surface area contributed by atoms with E-state index in [0.717, 1.165) is 12.0 Å². The Labute approximate surface area is 65.2 Å². The number of nitrogens with two attached hydrogens (primary N) is 1. The van der Waals surface area contributed by atoms with Gasteiger partial charge in [0.1, 0.15) is 11.6 Å². The highest BCUT2D eigenvalue weighted by molar-refractivity contribution is 5.31. The fraction of sp³-hybridized carbons (Fsp3) is 0.250. The molecule has 0 atom stereocenters. The van der Waals surface area contributed by atoms with Gasteiger partial charge in [-0.25, -0.2) is 0 Å². The van der Waals surface area contributed by atoms with E-state index in [1.165, 1.54) is 12.2 Å². The first-order chi connectivity index (χ1) is 5.33. The van der Waals surface area contributed by atoms with Gasteiger partial charge in [0.15, 0.2) is 0 Å². The zero-order valence-electron chi connectivity index (χ0n) is 6.10. The summed E-state index contributed by atoms with van der Waals surface area (Å²) in [6.45, 7) is 0.683. The summed E-state index contributed by atoms with van der Waals surface area (Å²) in [5.41, 5.74) is 3.48. The van der Waals surface area contributed by atoms with E-state index < -0.39 is 0 Å². The molecule has 0 aliphatic heterocycles. The molecule has 0 amide bonds. The van der Waals surface area contributed by atoms with Crippen LogP contribution in [-0.4, -0.2) is 6.54 Å². The summed E-state index contributed by atoms with van der Waals surface area (Å²) >= 11 is 0. The molecule has 0 saturated carbocycles. The molecule has 0 bridgehead atoms. The van der Waals surface area contributed by atoms with Gasteiger partial charge < -0.3 is 0 Å². The molecule has 0 fully saturated rings. The van der Waals surface area contributed by atoms with Gasteiger partial charge in [0.05, 0.1) is 12.2 Å². The Morgan fingerprint density at radius 1 is 1.55 bits per heavy atom. The van der Waals surface area contributed by atoms with Gasteiger partial charge in [-0.15, -0.1) is 4.39 Å². The number of hydrogen-bond acceptors (Lipinski definition) is 2. The minimum Gasteiger partial charge on any atom is -0.271 e. The monoisotopic (exact) mass is 153 g/mol. The van der Waals surface area contributed by atoms with Crippen LogP contribution in [0.2, 0.25) is 0 Å². The normalized spacial score (nSPS) is 15.5. The molecule has 0 radical (unpaired) electrons. The second-order valence-electron chi connectivity index (χ2n) is 2.24. The summed E-state index contributed by atoms with van der Waals surface area (Å²) in [4.78, 5) is 0. The Kier molecular flexibility index (Phi) is 2.93. The van der Waals surface area contributed by atoms with Crippen molar-refractivity contribution in [3.8, 4) is 0 Å². The topological polar surface area (TPSA) is 38.0 Å². The zero-order valence-corrected chi connectivity index (χ0v) is 6.10. The fourth-order valence-corrected chi connectivity index (χ4v) is 0.800. The maximum absolute atomic E-state index is 12.3. The van der Waals surface area contributed by atoms with Crippen LogP contribution in [0.25, 0.3) is 0 Å². The van der Waals surface area contributed by atoms with Gasteiger partial charge in [0.25, 0.3) is 0 Å². The quantitative estimate of drug-likeness (QED) is 0.360. The van der Waals surface area contributed by atoms with Gasteiger partial charge in [-0.05, 0) is 0 Å². The van der Waals surface area contributed by atoms with E-state index in [1.807, 2.05) is 0 Å². The third-order valence-electron chi connectivity index (χ3n) is 1.38. The molecule has 0 heterocycles. The molecule has 58 valence electrons. The largest absolute Gasteiger partial charge is 0.271 e. The number of allylic oxidation sites excluding steroid dienone is 5. The van der Waals surface area contributed by atoms with E-state index in [1.54, 1.807) is 6.08 Å². The van der Waals surface area contributed by atoms with Crippen LogP contribution in [0.4, 0.5) is 4.39 Å². The van der Waals surface area contributed by atoms with Crippen molar-refractivity contribution in [3.63, 3.8) is 0 Å². The van der Waals surface area contributed by atoms with Crippen molar-refractivity contribution < 1.29 is 4.39 Å². The van der Waals surface area contributed by atoms with Crippen LogP contribution in [0.5, 0.6) is 0 Å². The number of halogens is 1. The van der Waals surface area contributed by atoms with Crippen LogP contribution in [0.15, 0.2) is 29.6 Å². The van der Waals surface area contributed by atoms with Crippen LogP contribution in [-0.2, 0) is 0 Å². The van der Waals surface area contributed by atoms with Crippen molar-refractivity contribution in [2.24, 2.45) is 5.84 Å². The van der Waals surface area contributed by atoms with Crippen LogP contribution >= 0.6 is 0 Å². The van der Waals surface area contributed by atoms with Gasteiger partial charge in [-0.2, -0.15) is 0 Å². The summed E-state index contributed by atoms with van der Waals surface area (Å²) in [6.07, 6.45) is 8.02. The molecule has 0 aromatic carbocycles. The maximum Gasteiger partial charge on any atom is 0.240 e. The lowest BCUT2D eigenvalue weighted by atomic mass is 10.1. The van der Waals surface area contributed by atoms with Crippen molar-refractivity contribution in [3.05, 3.63) is 35.7 Å². The van der Waals surface area contributed by atoms with Gasteiger partial charge in [0.2, 0.25) is 5.83 Å². The van der Waals surface area contributed by atoms with Crippen LogP contribution in [0.3, 0.4) is 0 Å². The molecule has 0 spiro atoms. The molecule has 11 heavy (non-hydrogen) atoms. The molecule has 1 rings (SSSR count). The maximum atomic E-state index is 12.3. The first kappa shape index (κ1) is 8.08. The molecule has 0 aromatic heterocycles. The highest BCUT2D eigenvalue weighted by atomic mass is 19.1. The molecule has 1 aliphatic rings. The van der Waals surface area contributed by atoms with Crippen molar-refractivity contribution in [2.45, 2.75) is 6.42 Å². The number of hydrogen-bond donors (Lipinski definition) is 2. The van der Waals surface area contributed by atoms with Crippen LogP contribution < -0.4 is 11.3 Å². The SMILES string of the molecule is NNCCC1=[C+]C=C(F)C=C1. The lowest BCUT2D eigenvalue weighted by Gasteiger charge is -1.94. The van der Waals surface area contributed by atoms with E-state index in [2.05, 4.69) is 11.5 Å². The van der Waals surface area contributed by atoms with Crippen LogP contribution in [0, 0.1) is 6.08 Å². The molecule has 0 saturated heterocycles. The zero-order chi connectivity index (χ0) is 8.10. The first-order valence-electron chi connectivity index (χ1n) is 3.42. The summed E-state index contributed by atoms with van der Waals surface area (Å²) in [5, 5.41) is 0. The van der Waals surface area contributed by atoms with Crippen molar-refractivity contribution in [1.29, 1.82) is 0 Å². The first-order valence-corrected chi connectivity index (χ1v) is 3.42. The van der Waals surface area contributed by atoms with Gasteiger partial charge in [0, 0.05) is 19.0 Å². The molecule has 0 aromatic rings. The summed E-state index contributed by atoms with van der Waals surface area (Å²) < 4.78 is 12.3. The van der Waals surface area contributed by atoms with Crippen molar-refractivity contribution >= 4 is 0 Å². The van der Waals surface area contributed by atoms with E-state index >= 15 is 0 Å². The predicted molar refractivity (Wildman–Crippen MR) is 41.9 cm³/mol. The van der Waals surface area contributed by atoms with E-state index in [-0.39, 0.29) is 5.83 Å². The van der Waals surface area contributed by atoms with Crippen molar-refractivity contribution in [1.82, 2.24) is 5.43 Å². The van der Waals surface area contributed by atoms with Crippen LogP contribution in [0.1, 0.15) is 6.42 Å². The third-order valence-corrected chi connectivity index (χ3v) is 1.38. The number of hydrazine groups is 1. The fourth-order valence-electron chi connectivity index (χ4n) is 0.800. The van der Waals surface area contributed by atoms with E-state index in [9.17, 15) is 4.39 Å². The highest BCUT2D eigenvalue weighted by Gasteiger charge is 2.07. The summed E-state index contributed by atoms with van der Waals surface area (Å²) in [5.74, 6) is 4.81. The Morgan fingerprint density at radius 3 is 2.91 bits per heavy atom. The molecule has 3 heteroatoms. The molecular weight excluding hydrogens is 143 g/mol. The second kappa shape index (κ2) is 3.98. The second-order valence-corrected chi connectivity index (χ2v) is 2.24. The van der Waals surface area contributed by atoms with Gasteiger partial charge in [-0.1, -0.05) is 0 Å². The number of nitrogens with one attached hydrogen (secondary N) is 1. The summed E-state index contributed by atoms with van der Waals surface area (Å²) in [6, 6.07) is 0. The lowest BCUT2D eigenvalue weighted by Crippen LogP contribution is -2.23. The Hall–Kier alpha value is -1.02. The Morgan fingerprint density at radius 2 is 2.36 bits per heavy atom. The van der Waals surface area contributed by atoms with E-state index in [4.69, 9.17) is 5.84 Å². The number of rotatable bonds is 3. The highest BCUT2D eigenvalue weighted by Crippen LogP contribution is 2.11. The average Bonchev–Trinajstić information content (AvgIpc) is 2.04. The third kappa shape index (κ3) is 2.60. The molecule has 1 aliphatic carbocycles. The Balaban J connectivity index is 2.44. The standard InChI is InChI=1S/C8H10FN2/c9-8-3-1-7(2-4-8)5-6-11-10/h1,3-4,11H,5-6,10H2/q+1. The minimum atomic E-state index is -0.255. The predicted octanol–water partition coefficient (Wildman–Crippen LogP) is 0.993. The lowest BCUT2D eigenvalue weighted by molar-refractivity contribution is 0.663. The average molecular weight is 153 g/mol. The smallest absolute Gasteiger partial charge is 0.240 e. The Bertz CT molecular complexity index is 216. The van der Waals surface area contributed by atoms with Crippen molar-refractivity contribution in [2.75, 3.05) is 6.54 Å². The minimum absolute atomic E-state index is 0.255. The van der Waals surface area contributed by atoms with Gasteiger partial charge in [-0.3, -0.25) is 11.3 Å². The van der Waals surface area contributed by atoms with Gasteiger partial charge >= 0.3 is 0 Å². The summed E-state index contributed by atoms with van der Waals surface area (Å²) in [7, 11) is 0.